The number of hydrogen-bond acceptors (Lipinski definition) is 4. The summed E-state index contributed by atoms with van der Waals surface area (Å²) in [7, 11) is -3.64. The summed E-state index contributed by atoms with van der Waals surface area (Å²) in [6, 6.07) is 6.79. The molecule has 166 valence electrons. The molecule has 2 aliphatic rings. The Morgan fingerprint density at radius 2 is 1.97 bits per heavy atom. The zero-order chi connectivity index (χ0) is 21.9. The van der Waals surface area contributed by atoms with Crippen molar-refractivity contribution < 1.29 is 18.0 Å². The lowest BCUT2D eigenvalue weighted by molar-refractivity contribution is -0.133. The number of hydrogen-bond donors (Lipinski definition) is 1. The van der Waals surface area contributed by atoms with Gasteiger partial charge in [-0.15, -0.1) is 0 Å². The minimum absolute atomic E-state index is 0.0435. The first kappa shape index (κ1) is 23.0. The third-order valence-electron chi connectivity index (χ3n) is 5.89. The minimum atomic E-state index is -3.64. The van der Waals surface area contributed by atoms with Gasteiger partial charge in [-0.2, -0.15) is 4.31 Å². The Bertz CT molecular complexity index is 901. The van der Waals surface area contributed by atoms with E-state index in [-0.39, 0.29) is 30.8 Å². The number of nitrogens with zero attached hydrogens (tertiary/aromatic N) is 2. The molecule has 9 heteroatoms. The largest absolute Gasteiger partial charge is 0.351 e. The molecule has 3 rings (SSSR count). The number of nitrogens with one attached hydrogen (secondary N) is 1. The second kappa shape index (κ2) is 9.24. The van der Waals surface area contributed by atoms with Crippen molar-refractivity contribution in [3.05, 3.63) is 29.3 Å². The second-order valence-corrected chi connectivity index (χ2v) is 10.9. The van der Waals surface area contributed by atoms with Crippen LogP contribution in [0.25, 0.3) is 0 Å². The van der Waals surface area contributed by atoms with Crippen molar-refractivity contribution in [3.63, 3.8) is 0 Å². The highest BCUT2D eigenvalue weighted by atomic mass is 35.5. The summed E-state index contributed by atoms with van der Waals surface area (Å²) in [6.07, 6.45) is 5.48. The Morgan fingerprint density at radius 3 is 2.60 bits per heavy atom. The van der Waals surface area contributed by atoms with Gasteiger partial charge < -0.3 is 5.32 Å². The van der Waals surface area contributed by atoms with E-state index in [4.69, 9.17) is 11.6 Å². The van der Waals surface area contributed by atoms with E-state index in [1.165, 1.54) is 4.90 Å². The summed E-state index contributed by atoms with van der Waals surface area (Å²) in [5.41, 5.74) is -0.889. The fraction of sp³-hybridized carbons (Fsp3) is 0.619. The van der Waals surface area contributed by atoms with Crippen LogP contribution in [0.15, 0.2) is 24.3 Å². The molecule has 30 heavy (non-hydrogen) atoms. The number of carbonyl (C=O) groups excluding carboxylic acids is 2. The van der Waals surface area contributed by atoms with Crippen LogP contribution in [0.3, 0.4) is 0 Å². The predicted molar refractivity (Wildman–Crippen MR) is 118 cm³/mol. The van der Waals surface area contributed by atoms with E-state index in [0.29, 0.717) is 17.1 Å². The first-order valence-electron chi connectivity index (χ1n) is 10.5. The number of anilines is 1. The maximum atomic E-state index is 13.5. The van der Waals surface area contributed by atoms with E-state index >= 15 is 0 Å². The van der Waals surface area contributed by atoms with Crippen LogP contribution in [0.2, 0.25) is 5.02 Å². The van der Waals surface area contributed by atoms with Gasteiger partial charge in [-0.3, -0.25) is 14.5 Å². The molecule has 0 bridgehead atoms. The van der Waals surface area contributed by atoms with Crippen LogP contribution >= 0.6 is 11.6 Å². The zero-order valence-corrected chi connectivity index (χ0v) is 19.1. The fourth-order valence-corrected chi connectivity index (χ4v) is 6.07. The molecular weight excluding hydrogens is 426 g/mol. The highest BCUT2D eigenvalue weighted by molar-refractivity contribution is 7.89. The maximum Gasteiger partial charge on any atom is 0.247 e. The lowest BCUT2D eigenvalue weighted by atomic mass is 9.91. The predicted octanol–water partition coefficient (Wildman–Crippen LogP) is 2.94. The molecule has 0 radical (unpaired) electrons. The van der Waals surface area contributed by atoms with Gasteiger partial charge in [-0.05, 0) is 44.4 Å². The minimum Gasteiger partial charge on any atom is -0.351 e. The Labute approximate surface area is 183 Å². The van der Waals surface area contributed by atoms with Crippen molar-refractivity contribution in [2.75, 3.05) is 23.7 Å². The van der Waals surface area contributed by atoms with Crippen LogP contribution in [-0.2, 0) is 19.6 Å². The third kappa shape index (κ3) is 4.81. The van der Waals surface area contributed by atoms with Gasteiger partial charge in [-0.25, -0.2) is 8.42 Å². The highest BCUT2D eigenvalue weighted by Gasteiger charge is 2.51. The van der Waals surface area contributed by atoms with E-state index in [2.05, 4.69) is 5.32 Å². The molecule has 0 aromatic heterocycles. The van der Waals surface area contributed by atoms with Crippen LogP contribution in [0.4, 0.5) is 5.69 Å². The average molecular weight is 456 g/mol. The number of halogens is 1. The second-order valence-electron chi connectivity index (χ2n) is 8.38. The smallest absolute Gasteiger partial charge is 0.247 e. The van der Waals surface area contributed by atoms with E-state index < -0.39 is 21.5 Å². The van der Waals surface area contributed by atoms with Crippen molar-refractivity contribution >= 4 is 39.1 Å². The number of piperazine rings is 1. The molecule has 7 nitrogen and oxygen atoms in total. The Hall–Kier alpha value is -1.64. The Kier molecular flexibility index (Phi) is 7.09. The molecule has 1 unspecified atom stereocenters. The first-order chi connectivity index (χ1) is 14.2. The molecule has 1 saturated carbocycles. The summed E-state index contributed by atoms with van der Waals surface area (Å²) in [6.45, 7) is 3.03. The topological polar surface area (TPSA) is 86.8 Å². The summed E-state index contributed by atoms with van der Waals surface area (Å²) in [4.78, 5) is 28.1. The molecule has 1 aliphatic carbocycles. The summed E-state index contributed by atoms with van der Waals surface area (Å²) >= 11 is 6.14. The van der Waals surface area contributed by atoms with E-state index in [1.807, 2.05) is 0 Å². The zero-order valence-electron chi connectivity index (χ0n) is 17.6. The van der Waals surface area contributed by atoms with Crippen LogP contribution in [0.5, 0.6) is 0 Å². The number of amides is 2. The quantitative estimate of drug-likeness (QED) is 0.714. The number of sulfonamides is 1. The lowest BCUT2D eigenvalue weighted by Gasteiger charge is -2.47. The van der Waals surface area contributed by atoms with Crippen LogP contribution in [0.1, 0.15) is 52.4 Å². The molecule has 2 fully saturated rings. The lowest BCUT2D eigenvalue weighted by Crippen LogP contribution is -2.71. The standard InChI is InChI=1S/C21H30ClN3O4S/c1-3-12-30(28,29)24-14-19(26)25(18-11-7-8-16(22)13-18)21(2,15-24)20(27)23-17-9-5-4-6-10-17/h7-8,11,13,17H,3-6,9-10,12,14-15H2,1-2H3,(H,23,27). The molecule has 1 atom stereocenters. The van der Waals surface area contributed by atoms with Crippen molar-refractivity contribution in [2.24, 2.45) is 0 Å². The van der Waals surface area contributed by atoms with Crippen LogP contribution in [-0.4, -0.2) is 55.0 Å². The van der Waals surface area contributed by atoms with Gasteiger partial charge in [0, 0.05) is 23.3 Å². The molecular formula is C21H30ClN3O4S. The first-order valence-corrected chi connectivity index (χ1v) is 12.5. The van der Waals surface area contributed by atoms with Crippen molar-refractivity contribution in [1.29, 1.82) is 0 Å². The molecule has 1 saturated heterocycles. The number of rotatable bonds is 6. The number of benzene rings is 1. The van der Waals surface area contributed by atoms with Gasteiger partial charge in [0.15, 0.2) is 0 Å². The van der Waals surface area contributed by atoms with E-state index in [1.54, 1.807) is 38.1 Å². The summed E-state index contributed by atoms with van der Waals surface area (Å²) in [5, 5.41) is 3.52. The summed E-state index contributed by atoms with van der Waals surface area (Å²) in [5.74, 6) is -0.832. The van der Waals surface area contributed by atoms with Gasteiger partial charge >= 0.3 is 0 Å². The fourth-order valence-electron chi connectivity index (χ4n) is 4.36. The maximum absolute atomic E-state index is 13.5. The van der Waals surface area contributed by atoms with Crippen molar-refractivity contribution in [3.8, 4) is 0 Å². The van der Waals surface area contributed by atoms with Gasteiger partial charge in [0.1, 0.15) is 5.54 Å². The van der Waals surface area contributed by atoms with E-state index in [0.717, 1.165) is 36.4 Å². The van der Waals surface area contributed by atoms with Crippen LogP contribution < -0.4 is 10.2 Å². The van der Waals surface area contributed by atoms with Gasteiger partial charge in [0.05, 0.1) is 12.3 Å². The Balaban J connectivity index is 1.97. The third-order valence-corrected chi connectivity index (χ3v) is 8.09. The summed E-state index contributed by atoms with van der Waals surface area (Å²) < 4.78 is 26.6. The van der Waals surface area contributed by atoms with Crippen LogP contribution in [0, 0.1) is 0 Å². The molecule has 2 amide bonds. The number of carbonyl (C=O) groups is 2. The molecule has 1 aromatic rings. The molecule has 1 aliphatic heterocycles. The molecule has 0 spiro atoms. The van der Waals surface area contributed by atoms with Gasteiger partial charge in [-0.1, -0.05) is 43.9 Å². The molecule has 1 N–H and O–H groups in total. The molecule has 1 heterocycles. The van der Waals surface area contributed by atoms with Gasteiger partial charge in [0.2, 0.25) is 21.8 Å². The monoisotopic (exact) mass is 455 g/mol. The SMILES string of the molecule is CCCS(=O)(=O)N1CC(=O)N(c2cccc(Cl)c2)C(C)(C(=O)NC2CCCCC2)C1. The average Bonchev–Trinajstić information content (AvgIpc) is 2.68. The highest BCUT2D eigenvalue weighted by Crippen LogP contribution is 2.33. The molecule has 1 aromatic carbocycles. The van der Waals surface area contributed by atoms with E-state index in [9.17, 15) is 18.0 Å². The van der Waals surface area contributed by atoms with Gasteiger partial charge in [0.25, 0.3) is 0 Å². The Morgan fingerprint density at radius 1 is 1.27 bits per heavy atom. The van der Waals surface area contributed by atoms with Crippen molar-refractivity contribution in [2.45, 2.75) is 64.0 Å². The van der Waals surface area contributed by atoms with Crippen molar-refractivity contribution in [1.82, 2.24) is 9.62 Å². The normalized spacial score (nSPS) is 24.1.